The smallest absolute Gasteiger partial charge is 0.151 e. The minimum atomic E-state index is -2.87. The molecule has 0 aliphatic carbocycles. The van der Waals surface area contributed by atoms with Crippen molar-refractivity contribution in [3.05, 3.63) is 47.8 Å². The van der Waals surface area contributed by atoms with E-state index in [1.807, 2.05) is 29.1 Å². The van der Waals surface area contributed by atoms with Gasteiger partial charge in [-0.3, -0.25) is 4.68 Å². The second-order valence-electron chi connectivity index (χ2n) is 6.26. The second-order valence-corrected chi connectivity index (χ2v) is 8.49. The summed E-state index contributed by atoms with van der Waals surface area (Å²) in [5, 5.41) is 7.67. The van der Waals surface area contributed by atoms with Gasteiger partial charge >= 0.3 is 0 Å². The molecule has 24 heavy (non-hydrogen) atoms. The largest absolute Gasteiger partial charge is 0.496 e. The Morgan fingerprint density at radius 2 is 2.29 bits per heavy atom. The van der Waals surface area contributed by atoms with Crippen molar-refractivity contribution >= 4 is 9.84 Å². The van der Waals surface area contributed by atoms with Gasteiger partial charge < -0.3 is 10.1 Å². The zero-order chi connectivity index (χ0) is 17.2. The van der Waals surface area contributed by atoms with Crippen molar-refractivity contribution < 1.29 is 13.2 Å². The van der Waals surface area contributed by atoms with Crippen LogP contribution in [-0.4, -0.2) is 42.9 Å². The van der Waals surface area contributed by atoms with Crippen LogP contribution in [0.15, 0.2) is 36.7 Å². The lowest BCUT2D eigenvalue weighted by Crippen LogP contribution is -2.32. The number of ether oxygens (including phenoxy) is 1. The molecule has 6 nitrogen and oxygen atoms in total. The maximum absolute atomic E-state index is 11.6. The Kier molecular flexibility index (Phi) is 4.91. The maximum atomic E-state index is 11.6. The fraction of sp³-hybridized carbons (Fsp3) is 0.471. The molecule has 0 amide bonds. The van der Waals surface area contributed by atoms with E-state index in [4.69, 9.17) is 4.74 Å². The minimum Gasteiger partial charge on any atom is -0.496 e. The molecule has 0 saturated carbocycles. The van der Waals surface area contributed by atoms with Crippen LogP contribution in [-0.2, 0) is 16.4 Å². The standard InChI is InChI=1S/C17H23N3O3S/c1-13(19-16-6-9-24(21,22)12-16)14-4-5-17(23-2)15(10-14)11-20-8-3-7-18-20/h3-5,7-8,10,13,16,19H,6,9,11-12H2,1-2H3. The molecule has 2 unspecified atom stereocenters. The van der Waals surface area contributed by atoms with Gasteiger partial charge in [-0.25, -0.2) is 8.42 Å². The average Bonchev–Trinajstić information content (AvgIpc) is 3.16. The topological polar surface area (TPSA) is 73.2 Å². The predicted molar refractivity (Wildman–Crippen MR) is 92.9 cm³/mol. The molecule has 7 heteroatoms. The van der Waals surface area contributed by atoms with Gasteiger partial charge in [-0.1, -0.05) is 6.07 Å². The Balaban J connectivity index is 1.75. The molecule has 0 bridgehead atoms. The summed E-state index contributed by atoms with van der Waals surface area (Å²) < 4.78 is 30.5. The van der Waals surface area contributed by atoms with Gasteiger partial charge in [-0.15, -0.1) is 0 Å². The number of benzene rings is 1. The van der Waals surface area contributed by atoms with Gasteiger partial charge in [0, 0.05) is 30.0 Å². The number of rotatable bonds is 6. The molecule has 1 aliphatic rings. The number of hydrogen-bond acceptors (Lipinski definition) is 5. The van der Waals surface area contributed by atoms with Crippen molar-refractivity contribution in [3.63, 3.8) is 0 Å². The number of nitrogens with zero attached hydrogens (tertiary/aromatic N) is 2. The van der Waals surface area contributed by atoms with Crippen molar-refractivity contribution in [3.8, 4) is 5.75 Å². The predicted octanol–water partition coefficient (Wildman–Crippen LogP) is 1.78. The van der Waals surface area contributed by atoms with Gasteiger partial charge in [-0.05, 0) is 37.1 Å². The van der Waals surface area contributed by atoms with E-state index >= 15 is 0 Å². The third-order valence-electron chi connectivity index (χ3n) is 4.41. The van der Waals surface area contributed by atoms with Crippen LogP contribution in [0.1, 0.15) is 30.5 Å². The Bertz CT molecular complexity index is 787. The van der Waals surface area contributed by atoms with Crippen molar-refractivity contribution in [1.82, 2.24) is 15.1 Å². The molecule has 1 fully saturated rings. The highest BCUT2D eigenvalue weighted by Gasteiger charge is 2.28. The fourth-order valence-electron chi connectivity index (χ4n) is 3.14. The number of sulfone groups is 1. The van der Waals surface area contributed by atoms with E-state index in [9.17, 15) is 8.42 Å². The van der Waals surface area contributed by atoms with Gasteiger partial charge in [0.25, 0.3) is 0 Å². The molecule has 1 aromatic heterocycles. The van der Waals surface area contributed by atoms with E-state index < -0.39 is 9.84 Å². The van der Waals surface area contributed by atoms with Crippen LogP contribution < -0.4 is 10.1 Å². The molecule has 1 aliphatic heterocycles. The molecule has 2 aromatic rings. The van der Waals surface area contributed by atoms with Crippen LogP contribution >= 0.6 is 0 Å². The number of aromatic nitrogens is 2. The molecule has 3 rings (SSSR count). The van der Waals surface area contributed by atoms with Crippen molar-refractivity contribution in [2.75, 3.05) is 18.6 Å². The second kappa shape index (κ2) is 6.94. The van der Waals surface area contributed by atoms with Crippen LogP contribution in [0.25, 0.3) is 0 Å². The fourth-order valence-corrected chi connectivity index (χ4v) is 4.82. The summed E-state index contributed by atoms with van der Waals surface area (Å²) in [6.07, 6.45) is 4.35. The van der Waals surface area contributed by atoms with E-state index in [1.165, 1.54) is 0 Å². The zero-order valence-electron chi connectivity index (χ0n) is 14.0. The molecule has 0 radical (unpaired) electrons. The molecule has 1 aromatic carbocycles. The van der Waals surface area contributed by atoms with Crippen molar-refractivity contribution in [2.24, 2.45) is 0 Å². The molecule has 2 atom stereocenters. The average molecular weight is 349 g/mol. The van der Waals surface area contributed by atoms with Crippen LogP contribution in [0, 0.1) is 0 Å². The maximum Gasteiger partial charge on any atom is 0.151 e. The van der Waals surface area contributed by atoms with Crippen LogP contribution in [0.5, 0.6) is 5.75 Å². The highest BCUT2D eigenvalue weighted by Crippen LogP contribution is 2.25. The summed E-state index contributed by atoms with van der Waals surface area (Å²) in [4.78, 5) is 0. The van der Waals surface area contributed by atoms with Crippen molar-refractivity contribution in [2.45, 2.75) is 32.0 Å². The summed E-state index contributed by atoms with van der Waals surface area (Å²) >= 11 is 0. The van der Waals surface area contributed by atoms with E-state index in [1.54, 1.807) is 13.3 Å². The van der Waals surface area contributed by atoms with Gasteiger partial charge in [0.15, 0.2) is 9.84 Å². The minimum absolute atomic E-state index is 0.0293. The SMILES string of the molecule is COc1ccc(C(C)NC2CCS(=O)(=O)C2)cc1Cn1cccn1. The van der Waals surface area contributed by atoms with E-state index in [0.29, 0.717) is 13.0 Å². The lowest BCUT2D eigenvalue weighted by Gasteiger charge is -2.20. The van der Waals surface area contributed by atoms with Crippen LogP contribution in [0.4, 0.5) is 0 Å². The van der Waals surface area contributed by atoms with Crippen LogP contribution in [0.3, 0.4) is 0 Å². The first-order chi connectivity index (χ1) is 11.5. The number of nitrogens with one attached hydrogen (secondary N) is 1. The van der Waals surface area contributed by atoms with Gasteiger partial charge in [0.2, 0.25) is 0 Å². The third-order valence-corrected chi connectivity index (χ3v) is 6.18. The molecule has 130 valence electrons. The Hall–Kier alpha value is -1.86. The molecular formula is C17H23N3O3S. The molecular weight excluding hydrogens is 326 g/mol. The van der Waals surface area contributed by atoms with E-state index in [-0.39, 0.29) is 23.6 Å². The first-order valence-corrected chi connectivity index (χ1v) is 9.90. The van der Waals surface area contributed by atoms with Gasteiger partial charge in [0.1, 0.15) is 5.75 Å². The van der Waals surface area contributed by atoms with Gasteiger partial charge in [0.05, 0.1) is 25.2 Å². The van der Waals surface area contributed by atoms with Crippen LogP contribution in [0.2, 0.25) is 0 Å². The highest BCUT2D eigenvalue weighted by molar-refractivity contribution is 7.91. The first kappa shape index (κ1) is 17.0. The zero-order valence-corrected chi connectivity index (χ0v) is 14.8. The number of methoxy groups -OCH3 is 1. The highest BCUT2D eigenvalue weighted by atomic mass is 32.2. The Morgan fingerprint density at radius 3 is 2.92 bits per heavy atom. The molecule has 1 N–H and O–H groups in total. The molecule has 0 spiro atoms. The normalized spacial score (nSPS) is 20.8. The lowest BCUT2D eigenvalue weighted by atomic mass is 10.0. The quantitative estimate of drug-likeness (QED) is 0.860. The van der Waals surface area contributed by atoms with Crippen molar-refractivity contribution in [1.29, 1.82) is 0 Å². The summed E-state index contributed by atoms with van der Waals surface area (Å²) in [5.74, 6) is 1.34. The molecule has 2 heterocycles. The third kappa shape index (κ3) is 3.96. The monoisotopic (exact) mass is 349 g/mol. The molecule has 1 saturated heterocycles. The summed E-state index contributed by atoms with van der Waals surface area (Å²) in [7, 11) is -1.21. The lowest BCUT2D eigenvalue weighted by molar-refractivity contribution is 0.406. The summed E-state index contributed by atoms with van der Waals surface area (Å²) in [6, 6.07) is 8.07. The van der Waals surface area contributed by atoms with Gasteiger partial charge in [-0.2, -0.15) is 5.10 Å². The first-order valence-electron chi connectivity index (χ1n) is 8.07. The summed E-state index contributed by atoms with van der Waals surface area (Å²) in [6.45, 7) is 2.69. The van der Waals surface area contributed by atoms with E-state index in [0.717, 1.165) is 16.9 Å². The summed E-state index contributed by atoms with van der Waals surface area (Å²) in [5.41, 5.74) is 2.16. The number of hydrogen-bond donors (Lipinski definition) is 1. The Labute approximate surface area is 142 Å². The Morgan fingerprint density at radius 1 is 1.46 bits per heavy atom. The van der Waals surface area contributed by atoms with E-state index in [2.05, 4.69) is 23.4 Å².